The Bertz CT molecular complexity index is 1060. The number of anilines is 1. The first-order valence-corrected chi connectivity index (χ1v) is 16.0. The molecule has 0 aliphatic heterocycles. The Morgan fingerprint density at radius 2 is 1.66 bits per heavy atom. The first-order valence-electron chi connectivity index (χ1n) is 16.0. The van der Waals surface area contributed by atoms with Gasteiger partial charge in [-0.3, -0.25) is 4.79 Å². The third-order valence-electron chi connectivity index (χ3n) is 12.4. The van der Waals surface area contributed by atoms with E-state index in [9.17, 15) is 9.59 Å². The number of nitrogens with zero attached hydrogens (tertiary/aromatic N) is 2. The zero-order valence-corrected chi connectivity index (χ0v) is 27.0. The molecule has 0 unspecified atom stereocenters. The lowest BCUT2D eigenvalue weighted by Crippen LogP contribution is -3.00. The van der Waals surface area contributed by atoms with Crippen LogP contribution >= 0.6 is 0 Å². The molecule has 5 rings (SSSR count). The van der Waals surface area contributed by atoms with Crippen LogP contribution in [0.1, 0.15) is 91.4 Å². The van der Waals surface area contributed by atoms with Gasteiger partial charge in [-0.05, 0) is 111 Å². The number of halogens is 1. The zero-order valence-electron chi connectivity index (χ0n) is 26.2. The third-order valence-corrected chi connectivity index (χ3v) is 12.4. The standard InChI is InChI=1S/C34H53N2O4.ClH/c1-23(7-12-31(37)39-6)28-10-11-29-27-9-8-24-21-26(13-17-33(24,2)30(27)14-18-34(28,29)3)40-32(38)22-36-19-15-25(16-20-36)35(4)5;/h15-16,19-20,23-24,26-30H,7-14,17-18,21-22H2,1-6H3;1H/q+1;/p-1/t23-,24-,26-,27+,28-,29+,30+,33+,34-;/m1./s1. The second-order valence-corrected chi connectivity index (χ2v) is 14.5. The summed E-state index contributed by atoms with van der Waals surface area (Å²) in [5, 5.41) is 0. The fourth-order valence-corrected chi connectivity index (χ4v) is 10.2. The Morgan fingerprint density at radius 3 is 2.34 bits per heavy atom. The summed E-state index contributed by atoms with van der Waals surface area (Å²) >= 11 is 0. The molecule has 7 heteroatoms. The van der Waals surface area contributed by atoms with E-state index in [2.05, 4.69) is 25.7 Å². The molecule has 1 aromatic heterocycles. The van der Waals surface area contributed by atoms with Crippen LogP contribution in [0.15, 0.2) is 24.5 Å². The molecule has 1 aromatic rings. The Balaban J connectivity index is 0.00000387. The number of pyridine rings is 1. The maximum atomic E-state index is 12.8. The first kappa shape index (κ1) is 32.1. The smallest absolute Gasteiger partial charge is 0.372 e. The topological polar surface area (TPSA) is 59.7 Å². The van der Waals surface area contributed by atoms with Gasteiger partial charge < -0.3 is 26.8 Å². The van der Waals surface area contributed by atoms with Crippen molar-refractivity contribution in [3.05, 3.63) is 24.5 Å². The van der Waals surface area contributed by atoms with Crippen LogP contribution in [-0.2, 0) is 25.6 Å². The predicted octanol–water partition coefficient (Wildman–Crippen LogP) is 3.20. The Labute approximate surface area is 254 Å². The van der Waals surface area contributed by atoms with Gasteiger partial charge in [0.1, 0.15) is 6.10 Å². The van der Waals surface area contributed by atoms with Gasteiger partial charge in [0.05, 0.1) is 7.11 Å². The number of rotatable bonds is 8. The van der Waals surface area contributed by atoms with Gasteiger partial charge in [-0.25, -0.2) is 4.79 Å². The van der Waals surface area contributed by atoms with Gasteiger partial charge in [0.2, 0.25) is 6.54 Å². The summed E-state index contributed by atoms with van der Waals surface area (Å²) in [5.74, 6) is 4.23. The van der Waals surface area contributed by atoms with Crippen molar-refractivity contribution in [2.45, 2.75) is 104 Å². The molecule has 0 saturated heterocycles. The molecule has 0 spiro atoms. The molecule has 4 saturated carbocycles. The van der Waals surface area contributed by atoms with E-state index < -0.39 is 0 Å². The number of fused-ring (bicyclic) bond motifs is 5. The molecule has 6 nitrogen and oxygen atoms in total. The summed E-state index contributed by atoms with van der Waals surface area (Å²) in [6.45, 7) is 7.83. The van der Waals surface area contributed by atoms with Crippen molar-refractivity contribution in [1.29, 1.82) is 0 Å². The second-order valence-electron chi connectivity index (χ2n) is 14.5. The van der Waals surface area contributed by atoms with Crippen LogP contribution in [0.25, 0.3) is 0 Å². The molecule has 0 N–H and O–H groups in total. The van der Waals surface area contributed by atoms with Gasteiger partial charge >= 0.3 is 11.9 Å². The molecule has 9 atom stereocenters. The summed E-state index contributed by atoms with van der Waals surface area (Å²) in [4.78, 5) is 26.7. The minimum atomic E-state index is -0.114. The van der Waals surface area contributed by atoms with Crippen LogP contribution in [-0.4, -0.2) is 39.2 Å². The van der Waals surface area contributed by atoms with Gasteiger partial charge in [-0.1, -0.05) is 20.8 Å². The highest BCUT2D eigenvalue weighted by atomic mass is 35.5. The molecule has 0 bridgehead atoms. The molecule has 0 radical (unpaired) electrons. The zero-order chi connectivity index (χ0) is 28.7. The SMILES string of the molecule is COC(=O)CC[C@@H](C)[C@H]1CC[C@H]2[C@@H]3CC[C@@H]4C[C@H](OC(=O)C[n+]5ccc(N(C)C)cc5)CC[C@]4(C)[C@H]3CC[C@]12C.[Cl-]. The second kappa shape index (κ2) is 12.8. The van der Waals surface area contributed by atoms with Crippen LogP contribution in [0, 0.1) is 46.3 Å². The molecular formula is C34H53ClN2O4. The molecule has 4 aliphatic rings. The van der Waals surface area contributed by atoms with Crippen molar-refractivity contribution in [3.63, 3.8) is 0 Å². The number of carbonyl (C=O) groups excluding carboxylic acids is 2. The summed E-state index contributed by atoms with van der Waals surface area (Å²) in [6.07, 6.45) is 16.7. The number of methoxy groups -OCH3 is 1. The lowest BCUT2D eigenvalue weighted by Gasteiger charge is -2.61. The molecule has 41 heavy (non-hydrogen) atoms. The van der Waals surface area contributed by atoms with E-state index in [4.69, 9.17) is 9.47 Å². The summed E-state index contributed by atoms with van der Waals surface area (Å²) in [7, 11) is 5.54. The van der Waals surface area contributed by atoms with Crippen molar-refractivity contribution in [2.75, 3.05) is 26.1 Å². The van der Waals surface area contributed by atoms with E-state index in [1.165, 1.54) is 52.1 Å². The summed E-state index contributed by atoms with van der Waals surface area (Å²) in [6, 6.07) is 4.06. The van der Waals surface area contributed by atoms with E-state index in [0.29, 0.717) is 29.1 Å². The van der Waals surface area contributed by atoms with Crippen molar-refractivity contribution >= 4 is 17.6 Å². The van der Waals surface area contributed by atoms with E-state index in [1.807, 2.05) is 43.2 Å². The predicted molar refractivity (Wildman–Crippen MR) is 156 cm³/mol. The number of ether oxygens (including phenoxy) is 2. The van der Waals surface area contributed by atoms with Crippen molar-refractivity contribution < 1.29 is 36.0 Å². The maximum Gasteiger partial charge on any atom is 0.372 e. The van der Waals surface area contributed by atoms with E-state index in [-0.39, 0.29) is 37.0 Å². The molecule has 230 valence electrons. The molecular weight excluding hydrogens is 536 g/mol. The molecule has 0 amide bonds. The quantitative estimate of drug-likeness (QED) is 0.345. The average Bonchev–Trinajstić information content (AvgIpc) is 3.29. The van der Waals surface area contributed by atoms with Crippen LogP contribution in [0.5, 0.6) is 0 Å². The van der Waals surface area contributed by atoms with Gasteiger partial charge in [-0.15, -0.1) is 0 Å². The molecule has 4 fully saturated rings. The largest absolute Gasteiger partial charge is 1.00 e. The highest BCUT2D eigenvalue weighted by Gasteiger charge is 2.60. The lowest BCUT2D eigenvalue weighted by atomic mass is 9.44. The Kier molecular flexibility index (Phi) is 10.0. The van der Waals surface area contributed by atoms with Gasteiger partial charge in [0.25, 0.3) is 0 Å². The highest BCUT2D eigenvalue weighted by Crippen LogP contribution is 2.68. The normalized spacial score (nSPS) is 36.5. The van der Waals surface area contributed by atoms with Crippen molar-refractivity contribution in [3.8, 4) is 0 Å². The number of hydrogen-bond acceptors (Lipinski definition) is 5. The van der Waals surface area contributed by atoms with Crippen molar-refractivity contribution in [1.82, 2.24) is 0 Å². The van der Waals surface area contributed by atoms with Crippen LogP contribution in [0.4, 0.5) is 5.69 Å². The minimum absolute atomic E-state index is 0. The fraction of sp³-hybridized carbons (Fsp3) is 0.794. The van der Waals surface area contributed by atoms with E-state index in [0.717, 1.165) is 48.6 Å². The van der Waals surface area contributed by atoms with Gasteiger partial charge in [0.15, 0.2) is 12.4 Å². The highest BCUT2D eigenvalue weighted by molar-refractivity contribution is 5.69. The number of hydrogen-bond donors (Lipinski definition) is 0. The molecule has 1 heterocycles. The molecule has 4 aliphatic carbocycles. The fourth-order valence-electron chi connectivity index (χ4n) is 10.2. The lowest BCUT2D eigenvalue weighted by molar-refractivity contribution is -0.686. The van der Waals surface area contributed by atoms with Crippen LogP contribution in [0.3, 0.4) is 0 Å². The summed E-state index contributed by atoms with van der Waals surface area (Å²) in [5.41, 5.74) is 1.91. The van der Waals surface area contributed by atoms with Crippen LogP contribution in [0.2, 0.25) is 0 Å². The average molecular weight is 589 g/mol. The third kappa shape index (κ3) is 6.28. The van der Waals surface area contributed by atoms with Gasteiger partial charge in [0, 0.05) is 38.3 Å². The minimum Gasteiger partial charge on any atom is -1.00 e. The first-order chi connectivity index (χ1) is 19.0. The van der Waals surface area contributed by atoms with Crippen molar-refractivity contribution in [2.24, 2.45) is 46.3 Å². The van der Waals surface area contributed by atoms with Gasteiger partial charge in [-0.2, -0.15) is 4.57 Å². The number of carbonyl (C=O) groups is 2. The monoisotopic (exact) mass is 588 g/mol. The number of esters is 2. The Morgan fingerprint density at radius 1 is 0.976 bits per heavy atom. The maximum absolute atomic E-state index is 12.8. The van der Waals surface area contributed by atoms with E-state index >= 15 is 0 Å². The van der Waals surface area contributed by atoms with E-state index in [1.54, 1.807) is 0 Å². The number of aromatic nitrogens is 1. The van der Waals surface area contributed by atoms with Crippen LogP contribution < -0.4 is 21.9 Å². The summed E-state index contributed by atoms with van der Waals surface area (Å²) < 4.78 is 12.9. The Hall–Kier alpha value is -1.82. The molecule has 0 aromatic carbocycles.